The minimum atomic E-state index is -4.42. The lowest BCUT2D eigenvalue weighted by Gasteiger charge is -2.07. The van der Waals surface area contributed by atoms with Crippen LogP contribution >= 0.6 is 0 Å². The van der Waals surface area contributed by atoms with Crippen LogP contribution in [0.2, 0.25) is 0 Å². The van der Waals surface area contributed by atoms with Crippen LogP contribution < -0.4 is 5.32 Å². The van der Waals surface area contributed by atoms with Crippen LogP contribution in [0, 0.1) is 0 Å². The summed E-state index contributed by atoms with van der Waals surface area (Å²) in [5.41, 5.74) is 0.127. The van der Waals surface area contributed by atoms with Crippen LogP contribution in [0.15, 0.2) is 65.4 Å². The maximum absolute atomic E-state index is 12.6. The van der Waals surface area contributed by atoms with Crippen molar-refractivity contribution in [3.63, 3.8) is 0 Å². The van der Waals surface area contributed by atoms with E-state index in [0.29, 0.717) is 11.3 Å². The highest BCUT2D eigenvalue weighted by atomic mass is 19.4. The lowest BCUT2D eigenvalue weighted by Crippen LogP contribution is -2.13. The summed E-state index contributed by atoms with van der Waals surface area (Å²) < 4.78 is 43.0. The van der Waals surface area contributed by atoms with Crippen molar-refractivity contribution in [2.75, 3.05) is 5.32 Å². The third-order valence-electron chi connectivity index (χ3n) is 3.29. The van der Waals surface area contributed by atoms with Crippen molar-refractivity contribution >= 4 is 11.6 Å². The number of benzene rings is 2. The normalized spacial score (nSPS) is 11.3. The predicted octanol–water partition coefficient (Wildman–Crippen LogP) is 4.61. The Morgan fingerprint density at radius 2 is 1.67 bits per heavy atom. The number of halogens is 3. The number of para-hydroxylation sites is 1. The molecule has 1 N–H and O–H groups in total. The highest BCUT2D eigenvalue weighted by molar-refractivity contribution is 6.06. The third kappa shape index (κ3) is 3.29. The van der Waals surface area contributed by atoms with Gasteiger partial charge in [0.1, 0.15) is 0 Å². The second kappa shape index (κ2) is 6.19. The van der Waals surface area contributed by atoms with Crippen molar-refractivity contribution in [3.05, 3.63) is 72.2 Å². The van der Waals surface area contributed by atoms with Crippen LogP contribution in [0.25, 0.3) is 11.3 Å². The molecule has 0 saturated carbocycles. The van der Waals surface area contributed by atoms with Gasteiger partial charge in [-0.05, 0) is 24.3 Å². The Hall–Kier alpha value is -3.09. The Labute approximate surface area is 134 Å². The average molecular weight is 332 g/mol. The number of rotatable bonds is 3. The highest BCUT2D eigenvalue weighted by Crippen LogP contribution is 2.31. The second-order valence-electron chi connectivity index (χ2n) is 4.93. The first-order valence-electron chi connectivity index (χ1n) is 6.92. The molecule has 0 radical (unpaired) electrons. The van der Waals surface area contributed by atoms with Crippen LogP contribution in [0.1, 0.15) is 16.1 Å². The number of nitrogens with one attached hydrogen (secondary N) is 1. The molecule has 24 heavy (non-hydrogen) atoms. The second-order valence-corrected chi connectivity index (χ2v) is 4.93. The van der Waals surface area contributed by atoms with E-state index in [-0.39, 0.29) is 11.5 Å². The fourth-order valence-electron chi connectivity index (χ4n) is 2.14. The molecule has 3 rings (SSSR count). The molecule has 1 amide bonds. The fraction of sp³-hybridized carbons (Fsp3) is 0.0588. The number of anilines is 1. The van der Waals surface area contributed by atoms with E-state index in [4.69, 9.17) is 4.42 Å². The molecule has 1 aromatic heterocycles. The Kier molecular flexibility index (Phi) is 4.07. The molecule has 0 atom stereocenters. The predicted molar refractivity (Wildman–Crippen MR) is 81.3 cm³/mol. The van der Waals surface area contributed by atoms with Gasteiger partial charge in [-0.3, -0.25) is 4.79 Å². The molecule has 0 aliphatic rings. The smallest absolute Gasteiger partial charge is 0.416 e. The third-order valence-corrected chi connectivity index (χ3v) is 3.29. The number of carbonyl (C=O) groups is 1. The van der Waals surface area contributed by atoms with E-state index in [0.717, 1.165) is 18.5 Å². The maximum Gasteiger partial charge on any atom is 0.416 e. The van der Waals surface area contributed by atoms with Crippen molar-refractivity contribution in [2.45, 2.75) is 6.18 Å². The van der Waals surface area contributed by atoms with Crippen LogP contribution in [-0.2, 0) is 6.18 Å². The van der Waals surface area contributed by atoms with Gasteiger partial charge in [0.05, 0.1) is 5.56 Å². The lowest BCUT2D eigenvalue weighted by molar-refractivity contribution is -0.137. The minimum absolute atomic E-state index is 0.00129. The van der Waals surface area contributed by atoms with E-state index in [1.807, 2.05) is 0 Å². The van der Waals surface area contributed by atoms with Gasteiger partial charge >= 0.3 is 6.18 Å². The van der Waals surface area contributed by atoms with Gasteiger partial charge in [-0.25, -0.2) is 4.98 Å². The van der Waals surface area contributed by atoms with E-state index < -0.39 is 17.6 Å². The highest BCUT2D eigenvalue weighted by Gasteiger charge is 2.30. The SMILES string of the molecule is O=C(Nc1ccccc1)c1ncoc1-c1ccc(C(F)(F)F)cc1. The molecule has 0 aliphatic heterocycles. The molecule has 3 aromatic rings. The topological polar surface area (TPSA) is 55.1 Å². The number of aromatic nitrogens is 1. The zero-order valence-electron chi connectivity index (χ0n) is 12.2. The summed E-state index contributed by atoms with van der Waals surface area (Å²) in [5, 5.41) is 2.65. The van der Waals surface area contributed by atoms with Gasteiger partial charge in [0.15, 0.2) is 17.8 Å². The van der Waals surface area contributed by atoms with Crippen molar-refractivity contribution < 1.29 is 22.4 Å². The number of amides is 1. The largest absolute Gasteiger partial charge is 0.443 e. The monoisotopic (exact) mass is 332 g/mol. The molecular formula is C17H11F3N2O2. The first-order chi connectivity index (χ1) is 11.4. The van der Waals surface area contributed by atoms with E-state index >= 15 is 0 Å². The summed E-state index contributed by atoms with van der Waals surface area (Å²) in [6, 6.07) is 13.1. The molecule has 7 heteroatoms. The summed E-state index contributed by atoms with van der Waals surface area (Å²) in [5.74, 6) is -0.401. The van der Waals surface area contributed by atoms with Crippen LogP contribution in [0.3, 0.4) is 0 Å². The molecule has 0 aliphatic carbocycles. The molecule has 2 aromatic carbocycles. The van der Waals surface area contributed by atoms with Gasteiger partial charge in [-0.2, -0.15) is 13.2 Å². The number of alkyl halides is 3. The maximum atomic E-state index is 12.6. The molecule has 122 valence electrons. The van der Waals surface area contributed by atoms with Gasteiger partial charge in [0.25, 0.3) is 5.91 Å². The van der Waals surface area contributed by atoms with Crippen molar-refractivity contribution in [3.8, 4) is 11.3 Å². The van der Waals surface area contributed by atoms with E-state index in [9.17, 15) is 18.0 Å². The Morgan fingerprint density at radius 3 is 2.29 bits per heavy atom. The van der Waals surface area contributed by atoms with E-state index in [1.165, 1.54) is 12.1 Å². The molecule has 4 nitrogen and oxygen atoms in total. The summed E-state index contributed by atoms with van der Waals surface area (Å²) in [7, 11) is 0. The minimum Gasteiger partial charge on any atom is -0.443 e. The molecule has 0 saturated heterocycles. The Morgan fingerprint density at radius 1 is 1.00 bits per heavy atom. The van der Waals surface area contributed by atoms with Gasteiger partial charge < -0.3 is 9.73 Å². The molecule has 1 heterocycles. The summed E-state index contributed by atoms with van der Waals surface area (Å²) in [6.07, 6.45) is -3.35. The average Bonchev–Trinajstić information content (AvgIpc) is 3.05. The van der Waals surface area contributed by atoms with Gasteiger partial charge in [0, 0.05) is 11.3 Å². The summed E-state index contributed by atoms with van der Waals surface area (Å²) >= 11 is 0. The Balaban J connectivity index is 1.86. The molecular weight excluding hydrogens is 321 g/mol. The van der Waals surface area contributed by atoms with Crippen molar-refractivity contribution in [2.24, 2.45) is 0 Å². The van der Waals surface area contributed by atoms with Crippen molar-refractivity contribution in [1.82, 2.24) is 4.98 Å². The van der Waals surface area contributed by atoms with E-state index in [2.05, 4.69) is 10.3 Å². The molecule has 0 bridgehead atoms. The fourth-order valence-corrected chi connectivity index (χ4v) is 2.14. The Bertz CT molecular complexity index is 840. The number of carbonyl (C=O) groups excluding carboxylic acids is 1. The van der Waals surface area contributed by atoms with E-state index in [1.54, 1.807) is 30.3 Å². The van der Waals surface area contributed by atoms with Gasteiger partial charge in [0.2, 0.25) is 0 Å². The van der Waals surface area contributed by atoms with Gasteiger partial charge in [-0.1, -0.05) is 30.3 Å². The molecule has 0 unspecified atom stereocenters. The number of nitrogens with zero attached hydrogens (tertiary/aromatic N) is 1. The number of hydrogen-bond acceptors (Lipinski definition) is 3. The quantitative estimate of drug-likeness (QED) is 0.762. The first kappa shape index (κ1) is 15.8. The zero-order chi connectivity index (χ0) is 17.2. The van der Waals surface area contributed by atoms with Crippen LogP contribution in [0.5, 0.6) is 0 Å². The molecule has 0 fully saturated rings. The summed E-state index contributed by atoms with van der Waals surface area (Å²) in [4.78, 5) is 16.1. The molecule has 0 spiro atoms. The van der Waals surface area contributed by atoms with Gasteiger partial charge in [-0.15, -0.1) is 0 Å². The zero-order valence-corrected chi connectivity index (χ0v) is 12.2. The lowest BCUT2D eigenvalue weighted by atomic mass is 10.1. The summed E-state index contributed by atoms with van der Waals surface area (Å²) in [6.45, 7) is 0. The standard InChI is InChI=1S/C17H11F3N2O2/c18-17(19,20)12-8-6-11(7-9-12)15-14(21-10-24-15)16(23)22-13-4-2-1-3-5-13/h1-10H,(H,22,23). The van der Waals surface area contributed by atoms with Crippen molar-refractivity contribution in [1.29, 1.82) is 0 Å². The number of hydrogen-bond donors (Lipinski definition) is 1. The number of oxazole rings is 1. The van der Waals surface area contributed by atoms with Crippen LogP contribution in [0.4, 0.5) is 18.9 Å². The van der Waals surface area contributed by atoms with Crippen LogP contribution in [-0.4, -0.2) is 10.9 Å². The first-order valence-corrected chi connectivity index (χ1v) is 6.92.